The molecule has 1 aromatic heterocycles. The monoisotopic (exact) mass is 389 g/mol. The molecule has 8 heteroatoms. The number of allylic oxidation sites excluding steroid dienone is 1. The lowest BCUT2D eigenvalue weighted by Gasteiger charge is -2.10. The van der Waals surface area contributed by atoms with E-state index in [-0.39, 0.29) is 22.5 Å². The number of hydrogen-bond donors (Lipinski definition) is 0. The fraction of sp³-hybridized carbons (Fsp3) is 0.100. The summed E-state index contributed by atoms with van der Waals surface area (Å²) in [7, 11) is 0. The Balaban J connectivity index is 1.99. The van der Waals surface area contributed by atoms with Gasteiger partial charge in [-0.2, -0.15) is 23.5 Å². The fourth-order valence-corrected chi connectivity index (χ4v) is 2.65. The highest BCUT2D eigenvalue weighted by atomic mass is 19.4. The number of nitrogens with zero attached hydrogens (tertiary/aromatic N) is 3. The summed E-state index contributed by atoms with van der Waals surface area (Å²) in [5.41, 5.74) is -0.406. The molecule has 3 aromatic rings. The molecule has 1 heterocycles. The van der Waals surface area contributed by atoms with Gasteiger partial charge in [-0.3, -0.25) is 0 Å². The number of aromatic nitrogens is 2. The maximum Gasteiger partial charge on any atom is 0.433 e. The van der Waals surface area contributed by atoms with Crippen molar-refractivity contribution in [2.24, 2.45) is 0 Å². The summed E-state index contributed by atoms with van der Waals surface area (Å²) in [6.45, 7) is 1.45. The molecule has 0 amide bonds. The minimum absolute atomic E-state index is 0.115. The van der Waals surface area contributed by atoms with Gasteiger partial charge in [0.2, 0.25) is 0 Å². The SMILES string of the molecule is Cc1cc(C(F)(F)F)n(-c2ccc(/C=C(\C#N)c3cc(F)ccc3F)cc2)n1. The van der Waals surface area contributed by atoms with Crippen molar-refractivity contribution in [3.8, 4) is 11.8 Å². The molecule has 0 radical (unpaired) electrons. The van der Waals surface area contributed by atoms with Crippen molar-refractivity contribution in [2.75, 3.05) is 0 Å². The summed E-state index contributed by atoms with van der Waals surface area (Å²) in [6.07, 6.45) is -3.25. The molecule has 0 aliphatic rings. The zero-order valence-electron chi connectivity index (χ0n) is 14.4. The first kappa shape index (κ1) is 19.3. The van der Waals surface area contributed by atoms with Crippen LogP contribution in [0.1, 0.15) is 22.5 Å². The summed E-state index contributed by atoms with van der Waals surface area (Å²) in [5, 5.41) is 13.1. The van der Waals surface area contributed by atoms with E-state index in [1.807, 2.05) is 0 Å². The number of rotatable bonds is 3. The van der Waals surface area contributed by atoms with E-state index in [0.29, 0.717) is 5.56 Å². The highest BCUT2D eigenvalue weighted by molar-refractivity contribution is 5.89. The normalized spacial score (nSPS) is 12.1. The first-order chi connectivity index (χ1) is 13.2. The second kappa shape index (κ2) is 7.27. The molecule has 3 nitrogen and oxygen atoms in total. The van der Waals surface area contributed by atoms with Crippen LogP contribution in [0.15, 0.2) is 48.5 Å². The third-order valence-corrected chi connectivity index (χ3v) is 3.91. The Morgan fingerprint density at radius 1 is 1.07 bits per heavy atom. The van der Waals surface area contributed by atoms with Gasteiger partial charge in [0.25, 0.3) is 0 Å². The quantitative estimate of drug-likeness (QED) is 0.335. The van der Waals surface area contributed by atoms with Gasteiger partial charge in [0.1, 0.15) is 17.3 Å². The first-order valence-corrected chi connectivity index (χ1v) is 8.00. The van der Waals surface area contributed by atoms with Gasteiger partial charge in [-0.05, 0) is 55.0 Å². The van der Waals surface area contributed by atoms with Gasteiger partial charge >= 0.3 is 6.18 Å². The number of aryl methyl sites for hydroxylation is 1. The Labute approximate surface area is 157 Å². The topological polar surface area (TPSA) is 41.6 Å². The Kier molecular flexibility index (Phi) is 5.01. The van der Waals surface area contributed by atoms with Gasteiger partial charge in [-0.25, -0.2) is 13.5 Å². The molecule has 28 heavy (non-hydrogen) atoms. The van der Waals surface area contributed by atoms with Crippen molar-refractivity contribution in [1.82, 2.24) is 9.78 Å². The molecule has 0 saturated carbocycles. The van der Waals surface area contributed by atoms with Crippen LogP contribution in [0.5, 0.6) is 0 Å². The van der Waals surface area contributed by atoms with E-state index < -0.39 is 23.5 Å². The summed E-state index contributed by atoms with van der Waals surface area (Å²) < 4.78 is 67.4. The van der Waals surface area contributed by atoms with Gasteiger partial charge in [0.05, 0.1) is 23.0 Å². The van der Waals surface area contributed by atoms with E-state index in [2.05, 4.69) is 5.10 Å². The Hall–Kier alpha value is -3.47. The third-order valence-electron chi connectivity index (χ3n) is 3.91. The zero-order chi connectivity index (χ0) is 20.5. The molecular formula is C20H12F5N3. The van der Waals surface area contributed by atoms with Gasteiger partial charge in [-0.1, -0.05) is 12.1 Å². The minimum atomic E-state index is -4.57. The summed E-state index contributed by atoms with van der Waals surface area (Å²) in [4.78, 5) is 0. The van der Waals surface area contributed by atoms with Crippen LogP contribution in [0.25, 0.3) is 17.3 Å². The lowest BCUT2D eigenvalue weighted by atomic mass is 10.0. The molecule has 0 saturated heterocycles. The molecule has 3 rings (SSSR count). The summed E-state index contributed by atoms with van der Waals surface area (Å²) in [6, 6.07) is 11.2. The van der Waals surface area contributed by atoms with Crippen LogP contribution in [0.4, 0.5) is 22.0 Å². The average molecular weight is 389 g/mol. The molecule has 0 aliphatic heterocycles. The van der Waals surface area contributed by atoms with E-state index in [0.717, 1.165) is 28.9 Å². The first-order valence-electron chi connectivity index (χ1n) is 8.00. The Morgan fingerprint density at radius 2 is 1.75 bits per heavy atom. The summed E-state index contributed by atoms with van der Waals surface area (Å²) in [5.74, 6) is -1.45. The second-order valence-electron chi connectivity index (χ2n) is 5.97. The maximum atomic E-state index is 13.9. The van der Waals surface area contributed by atoms with E-state index in [9.17, 15) is 27.2 Å². The zero-order valence-corrected chi connectivity index (χ0v) is 14.4. The lowest BCUT2D eigenvalue weighted by Crippen LogP contribution is -2.13. The maximum absolute atomic E-state index is 13.9. The van der Waals surface area contributed by atoms with Crippen LogP contribution < -0.4 is 0 Å². The average Bonchev–Trinajstić information content (AvgIpc) is 3.05. The Bertz CT molecular complexity index is 1090. The number of hydrogen-bond acceptors (Lipinski definition) is 2. The van der Waals surface area contributed by atoms with Gasteiger partial charge in [-0.15, -0.1) is 0 Å². The van der Waals surface area contributed by atoms with E-state index >= 15 is 0 Å². The summed E-state index contributed by atoms with van der Waals surface area (Å²) >= 11 is 0. The molecule has 0 aliphatic carbocycles. The van der Waals surface area contributed by atoms with Gasteiger partial charge in [0, 0.05) is 5.56 Å². The van der Waals surface area contributed by atoms with Crippen molar-refractivity contribution >= 4 is 11.6 Å². The fourth-order valence-electron chi connectivity index (χ4n) is 2.65. The molecule has 0 N–H and O–H groups in total. The smallest absolute Gasteiger partial charge is 0.228 e. The largest absolute Gasteiger partial charge is 0.433 e. The number of halogens is 5. The molecule has 142 valence electrons. The van der Waals surface area contributed by atoms with Crippen molar-refractivity contribution in [1.29, 1.82) is 5.26 Å². The van der Waals surface area contributed by atoms with Crippen LogP contribution in [-0.2, 0) is 6.18 Å². The lowest BCUT2D eigenvalue weighted by molar-refractivity contribution is -0.142. The number of alkyl halides is 3. The Morgan fingerprint density at radius 3 is 2.36 bits per heavy atom. The van der Waals surface area contributed by atoms with Crippen LogP contribution in [0.2, 0.25) is 0 Å². The molecular weight excluding hydrogens is 377 g/mol. The predicted octanol–water partition coefficient (Wildman–Crippen LogP) is 5.54. The molecule has 0 bridgehead atoms. The van der Waals surface area contributed by atoms with E-state index in [1.54, 1.807) is 6.07 Å². The second-order valence-corrected chi connectivity index (χ2v) is 5.97. The van der Waals surface area contributed by atoms with E-state index in [1.165, 1.54) is 37.3 Å². The predicted molar refractivity (Wildman–Crippen MR) is 93.1 cm³/mol. The van der Waals surface area contributed by atoms with Crippen molar-refractivity contribution < 1.29 is 22.0 Å². The molecule has 2 aromatic carbocycles. The van der Waals surface area contributed by atoms with Gasteiger partial charge < -0.3 is 0 Å². The number of nitriles is 1. The van der Waals surface area contributed by atoms with Crippen LogP contribution in [0.3, 0.4) is 0 Å². The highest BCUT2D eigenvalue weighted by Crippen LogP contribution is 2.31. The van der Waals surface area contributed by atoms with Crippen LogP contribution in [0, 0.1) is 29.9 Å². The standard InChI is InChI=1S/C20H12F5N3/c1-12-8-19(20(23,24)25)28(27-12)16-5-2-13(3-6-16)9-14(11-26)17-10-15(21)4-7-18(17)22/h2-10H,1H3/b14-9+. The van der Waals surface area contributed by atoms with Crippen molar-refractivity contribution in [3.63, 3.8) is 0 Å². The van der Waals surface area contributed by atoms with Gasteiger partial charge in [0.15, 0.2) is 0 Å². The molecule has 0 atom stereocenters. The highest BCUT2D eigenvalue weighted by Gasteiger charge is 2.35. The number of benzene rings is 2. The van der Waals surface area contributed by atoms with Crippen molar-refractivity contribution in [2.45, 2.75) is 13.1 Å². The van der Waals surface area contributed by atoms with Crippen LogP contribution in [-0.4, -0.2) is 9.78 Å². The molecule has 0 spiro atoms. The minimum Gasteiger partial charge on any atom is -0.228 e. The molecule has 0 fully saturated rings. The van der Waals surface area contributed by atoms with Crippen LogP contribution >= 0.6 is 0 Å². The third kappa shape index (κ3) is 3.93. The van der Waals surface area contributed by atoms with E-state index in [4.69, 9.17) is 0 Å². The van der Waals surface area contributed by atoms with Crippen molar-refractivity contribution in [3.05, 3.63) is 82.7 Å². The molecule has 0 unspecified atom stereocenters.